The standard InChI is InChI=1S/C7H7ClN2O2S2/c1-4(11)14-7-10-5(3-13-7)9-6(12)2-8/h3H,2H2,1H3,(H,9,12). The molecule has 0 fully saturated rings. The second-order valence-electron chi connectivity index (χ2n) is 2.27. The van der Waals surface area contributed by atoms with Crippen molar-refractivity contribution in [2.24, 2.45) is 0 Å². The molecule has 1 rings (SSSR count). The van der Waals surface area contributed by atoms with Crippen LogP contribution in [0, 0.1) is 0 Å². The number of thiazole rings is 1. The number of carbonyl (C=O) groups excluding carboxylic acids is 2. The molecule has 4 nitrogen and oxygen atoms in total. The Morgan fingerprint density at radius 2 is 2.43 bits per heavy atom. The van der Waals surface area contributed by atoms with Crippen LogP contribution in [0.15, 0.2) is 9.72 Å². The third kappa shape index (κ3) is 3.65. The lowest BCUT2D eigenvalue weighted by molar-refractivity contribution is -0.114. The van der Waals surface area contributed by atoms with Crippen molar-refractivity contribution in [3.05, 3.63) is 5.38 Å². The van der Waals surface area contributed by atoms with E-state index in [0.29, 0.717) is 10.2 Å². The molecule has 0 aliphatic carbocycles. The molecule has 1 aromatic heterocycles. The van der Waals surface area contributed by atoms with Crippen LogP contribution < -0.4 is 5.32 Å². The summed E-state index contributed by atoms with van der Waals surface area (Å²) >= 11 is 7.64. The van der Waals surface area contributed by atoms with Gasteiger partial charge in [-0.05, 0) is 11.8 Å². The van der Waals surface area contributed by atoms with Crippen molar-refractivity contribution < 1.29 is 9.59 Å². The number of carbonyl (C=O) groups is 2. The first kappa shape index (κ1) is 11.5. The number of thioether (sulfide) groups is 1. The minimum Gasteiger partial charge on any atom is -0.309 e. The Bertz CT molecular complexity index is 353. The zero-order valence-corrected chi connectivity index (χ0v) is 9.63. The molecule has 0 spiro atoms. The summed E-state index contributed by atoms with van der Waals surface area (Å²) in [7, 11) is 0. The highest BCUT2D eigenvalue weighted by molar-refractivity contribution is 8.14. The van der Waals surface area contributed by atoms with Crippen molar-refractivity contribution in [3.63, 3.8) is 0 Å². The maximum atomic E-state index is 10.9. The normalized spacial score (nSPS) is 9.86. The van der Waals surface area contributed by atoms with Crippen LogP contribution in [0.25, 0.3) is 0 Å². The summed E-state index contributed by atoms with van der Waals surface area (Å²) in [5, 5.41) is 4.12. The van der Waals surface area contributed by atoms with E-state index in [-0.39, 0.29) is 16.9 Å². The number of hydrogen-bond donors (Lipinski definition) is 1. The van der Waals surface area contributed by atoms with E-state index >= 15 is 0 Å². The summed E-state index contributed by atoms with van der Waals surface area (Å²) in [6.07, 6.45) is 0. The fourth-order valence-corrected chi connectivity index (χ4v) is 2.28. The number of aromatic nitrogens is 1. The van der Waals surface area contributed by atoms with Crippen molar-refractivity contribution in [1.82, 2.24) is 4.98 Å². The van der Waals surface area contributed by atoms with Crippen LogP contribution in [0.2, 0.25) is 0 Å². The van der Waals surface area contributed by atoms with Gasteiger partial charge in [0, 0.05) is 12.3 Å². The van der Waals surface area contributed by atoms with E-state index in [1.54, 1.807) is 5.38 Å². The number of amides is 1. The van der Waals surface area contributed by atoms with Crippen LogP contribution in [0.5, 0.6) is 0 Å². The fourth-order valence-electron chi connectivity index (χ4n) is 0.661. The largest absolute Gasteiger partial charge is 0.309 e. The van der Waals surface area contributed by atoms with Crippen LogP contribution in [0.3, 0.4) is 0 Å². The lowest BCUT2D eigenvalue weighted by Gasteiger charge is -1.95. The van der Waals surface area contributed by atoms with Crippen LogP contribution in [0.1, 0.15) is 6.92 Å². The summed E-state index contributed by atoms with van der Waals surface area (Å²) in [4.78, 5) is 25.6. The molecule has 0 saturated heterocycles. The highest BCUT2D eigenvalue weighted by Gasteiger charge is 2.07. The van der Waals surface area contributed by atoms with Crippen molar-refractivity contribution in [2.45, 2.75) is 11.3 Å². The molecular formula is C7H7ClN2O2S2. The summed E-state index contributed by atoms with van der Waals surface area (Å²) < 4.78 is 0.613. The highest BCUT2D eigenvalue weighted by Crippen LogP contribution is 2.25. The molecule has 0 aliphatic heterocycles. The predicted octanol–water partition coefficient (Wildman–Crippen LogP) is 1.96. The molecule has 1 N–H and O–H groups in total. The molecule has 1 aromatic rings. The Morgan fingerprint density at radius 3 is 3.00 bits per heavy atom. The van der Waals surface area contributed by atoms with Crippen LogP contribution in [0.4, 0.5) is 5.82 Å². The Kier molecular flexibility index (Phi) is 4.37. The predicted molar refractivity (Wildman–Crippen MR) is 58.0 cm³/mol. The van der Waals surface area contributed by atoms with E-state index in [1.807, 2.05) is 0 Å². The first-order chi connectivity index (χ1) is 6.61. The maximum absolute atomic E-state index is 10.9. The second-order valence-corrected chi connectivity index (χ2v) is 4.82. The molecule has 7 heteroatoms. The average Bonchev–Trinajstić information content (AvgIpc) is 2.51. The summed E-state index contributed by atoms with van der Waals surface area (Å²) in [6, 6.07) is 0. The van der Waals surface area contributed by atoms with Gasteiger partial charge in [0.2, 0.25) is 5.91 Å². The summed E-state index contributed by atoms with van der Waals surface area (Å²) in [5.41, 5.74) is 0. The fraction of sp³-hybridized carbons (Fsp3) is 0.286. The minimum atomic E-state index is -0.309. The Morgan fingerprint density at radius 1 is 1.71 bits per heavy atom. The molecule has 0 aromatic carbocycles. The molecular weight excluding hydrogens is 244 g/mol. The van der Waals surface area contributed by atoms with Crippen molar-refractivity contribution >= 4 is 51.5 Å². The zero-order valence-electron chi connectivity index (χ0n) is 7.24. The number of alkyl halides is 1. The van der Waals surface area contributed by atoms with Gasteiger partial charge in [0.1, 0.15) is 11.7 Å². The van der Waals surface area contributed by atoms with Gasteiger partial charge in [-0.15, -0.1) is 22.9 Å². The van der Waals surface area contributed by atoms with Crippen molar-refractivity contribution in [1.29, 1.82) is 0 Å². The third-order valence-electron chi connectivity index (χ3n) is 1.10. The molecule has 1 heterocycles. The molecule has 0 bridgehead atoms. The van der Waals surface area contributed by atoms with Crippen LogP contribution >= 0.6 is 34.7 Å². The van der Waals surface area contributed by atoms with Crippen molar-refractivity contribution in [2.75, 3.05) is 11.2 Å². The molecule has 76 valence electrons. The second kappa shape index (κ2) is 5.33. The Hall–Kier alpha value is -0.590. The Balaban J connectivity index is 2.59. The first-order valence-corrected chi connectivity index (χ1v) is 5.84. The van der Waals surface area contributed by atoms with Gasteiger partial charge in [0.05, 0.1) is 0 Å². The minimum absolute atomic E-state index is 0.0328. The third-order valence-corrected chi connectivity index (χ3v) is 3.07. The molecule has 14 heavy (non-hydrogen) atoms. The van der Waals surface area contributed by atoms with E-state index in [2.05, 4.69) is 10.3 Å². The quantitative estimate of drug-likeness (QED) is 0.658. The molecule has 0 saturated carbocycles. The summed E-state index contributed by atoms with van der Waals surface area (Å²) in [5.74, 6) is 0.0212. The highest BCUT2D eigenvalue weighted by atomic mass is 35.5. The monoisotopic (exact) mass is 250 g/mol. The van der Waals surface area contributed by atoms with Gasteiger partial charge < -0.3 is 5.32 Å². The van der Waals surface area contributed by atoms with E-state index in [4.69, 9.17) is 11.6 Å². The SMILES string of the molecule is CC(=O)Sc1nc(NC(=O)CCl)cs1. The number of nitrogens with zero attached hydrogens (tertiary/aromatic N) is 1. The van der Waals surface area contributed by atoms with Crippen molar-refractivity contribution in [3.8, 4) is 0 Å². The number of nitrogens with one attached hydrogen (secondary N) is 1. The number of rotatable bonds is 3. The average molecular weight is 251 g/mol. The van der Waals surface area contributed by atoms with Gasteiger partial charge in [0.25, 0.3) is 0 Å². The molecule has 0 atom stereocenters. The molecule has 1 amide bonds. The van der Waals surface area contributed by atoms with Crippen LogP contribution in [-0.2, 0) is 9.59 Å². The van der Waals surface area contributed by atoms with E-state index in [0.717, 1.165) is 11.8 Å². The molecule has 0 aliphatic rings. The van der Waals surface area contributed by atoms with E-state index in [1.165, 1.54) is 18.3 Å². The molecule has 0 radical (unpaired) electrons. The Labute approximate surface area is 94.1 Å². The maximum Gasteiger partial charge on any atom is 0.240 e. The van der Waals surface area contributed by atoms with Gasteiger partial charge in [0.15, 0.2) is 9.45 Å². The lowest BCUT2D eigenvalue weighted by atomic mass is 10.6. The number of anilines is 1. The number of halogens is 1. The number of hydrogen-bond acceptors (Lipinski definition) is 5. The molecule has 0 unspecified atom stereocenters. The summed E-state index contributed by atoms with van der Waals surface area (Å²) in [6.45, 7) is 1.46. The lowest BCUT2D eigenvalue weighted by Crippen LogP contribution is -2.12. The topological polar surface area (TPSA) is 59.1 Å². The van der Waals surface area contributed by atoms with E-state index < -0.39 is 0 Å². The first-order valence-electron chi connectivity index (χ1n) is 3.61. The van der Waals surface area contributed by atoms with Gasteiger partial charge in [-0.2, -0.15) is 0 Å². The zero-order chi connectivity index (χ0) is 10.6. The van der Waals surface area contributed by atoms with Gasteiger partial charge in [-0.25, -0.2) is 4.98 Å². The smallest absolute Gasteiger partial charge is 0.240 e. The van der Waals surface area contributed by atoms with E-state index in [9.17, 15) is 9.59 Å². The van der Waals surface area contributed by atoms with Gasteiger partial charge in [-0.1, -0.05) is 0 Å². The van der Waals surface area contributed by atoms with Crippen LogP contribution in [-0.4, -0.2) is 21.9 Å². The van der Waals surface area contributed by atoms with Gasteiger partial charge in [-0.3, -0.25) is 9.59 Å². The van der Waals surface area contributed by atoms with Gasteiger partial charge >= 0.3 is 0 Å².